The Morgan fingerprint density at radius 2 is 2.12 bits per heavy atom. The van der Waals surface area contributed by atoms with Crippen LogP contribution >= 0.6 is 11.3 Å². The monoisotopic (exact) mass is 254 g/mol. The van der Waals surface area contributed by atoms with Crippen molar-refractivity contribution in [3.63, 3.8) is 0 Å². The first-order valence-electron chi connectivity index (χ1n) is 5.97. The number of carbonyl (C=O) groups excluding carboxylic acids is 1. The molecule has 96 valence electrons. The van der Waals surface area contributed by atoms with Gasteiger partial charge in [0.25, 0.3) is 0 Å². The van der Waals surface area contributed by atoms with E-state index in [1.807, 2.05) is 18.9 Å². The van der Waals surface area contributed by atoms with Gasteiger partial charge in [0.2, 0.25) is 5.91 Å². The summed E-state index contributed by atoms with van der Waals surface area (Å²) < 4.78 is 0. The molecule has 0 saturated heterocycles. The third-order valence-electron chi connectivity index (χ3n) is 3.07. The van der Waals surface area contributed by atoms with Crippen LogP contribution in [0.3, 0.4) is 0 Å². The summed E-state index contributed by atoms with van der Waals surface area (Å²) in [6.07, 6.45) is 0.529. The summed E-state index contributed by atoms with van der Waals surface area (Å²) in [5.41, 5.74) is 5.54. The minimum absolute atomic E-state index is 0.145. The lowest BCUT2D eigenvalue weighted by Gasteiger charge is -2.25. The lowest BCUT2D eigenvalue weighted by molar-refractivity contribution is -0.132. The Kier molecular flexibility index (Phi) is 5.15. The van der Waals surface area contributed by atoms with E-state index < -0.39 is 0 Å². The molecule has 1 amide bonds. The zero-order valence-corrected chi connectivity index (χ0v) is 11.9. The molecule has 0 bridgehead atoms. The Balaban J connectivity index is 2.63. The van der Waals surface area contributed by atoms with E-state index in [-0.39, 0.29) is 17.9 Å². The first-order chi connectivity index (χ1) is 7.95. The van der Waals surface area contributed by atoms with E-state index in [0.717, 1.165) is 0 Å². The van der Waals surface area contributed by atoms with E-state index in [1.54, 1.807) is 11.3 Å². The third-order valence-corrected chi connectivity index (χ3v) is 4.24. The molecule has 4 heteroatoms. The average molecular weight is 254 g/mol. The number of hydrogen-bond donors (Lipinski definition) is 1. The molecule has 0 radical (unpaired) electrons. The molecule has 2 unspecified atom stereocenters. The van der Waals surface area contributed by atoms with Gasteiger partial charge in [-0.1, -0.05) is 6.92 Å². The smallest absolute Gasteiger partial charge is 0.223 e. The van der Waals surface area contributed by atoms with Gasteiger partial charge < -0.3 is 10.6 Å². The topological polar surface area (TPSA) is 46.3 Å². The number of aryl methyl sites for hydroxylation is 1. The third kappa shape index (κ3) is 3.82. The van der Waals surface area contributed by atoms with Gasteiger partial charge in [0.05, 0.1) is 6.04 Å². The Morgan fingerprint density at radius 1 is 1.47 bits per heavy atom. The van der Waals surface area contributed by atoms with Crippen LogP contribution in [0.2, 0.25) is 0 Å². The highest BCUT2D eigenvalue weighted by Crippen LogP contribution is 2.26. The van der Waals surface area contributed by atoms with Crippen molar-refractivity contribution < 1.29 is 4.79 Å². The van der Waals surface area contributed by atoms with E-state index >= 15 is 0 Å². The first-order valence-corrected chi connectivity index (χ1v) is 6.79. The fourth-order valence-electron chi connectivity index (χ4n) is 1.61. The lowest BCUT2D eigenvalue weighted by atomic mass is 10.1. The normalized spacial score (nSPS) is 14.4. The fourth-order valence-corrected chi connectivity index (χ4v) is 2.58. The SMILES string of the molecule is Cc1ccc(C(C)N(C)C(=O)CC(C)CN)s1. The van der Waals surface area contributed by atoms with Gasteiger partial charge in [-0.2, -0.15) is 0 Å². The Labute approximate surface area is 108 Å². The molecule has 3 nitrogen and oxygen atoms in total. The van der Waals surface area contributed by atoms with Gasteiger partial charge in [-0.25, -0.2) is 0 Å². The van der Waals surface area contributed by atoms with Crippen molar-refractivity contribution in [2.24, 2.45) is 11.7 Å². The molecule has 0 aliphatic heterocycles. The van der Waals surface area contributed by atoms with Gasteiger partial charge in [0.1, 0.15) is 0 Å². The number of amides is 1. The van der Waals surface area contributed by atoms with Crippen molar-refractivity contribution in [3.05, 3.63) is 21.9 Å². The summed E-state index contributed by atoms with van der Waals surface area (Å²) in [6, 6.07) is 4.34. The van der Waals surface area contributed by atoms with Crippen molar-refractivity contribution >= 4 is 17.2 Å². The molecular formula is C13H22N2OS. The second kappa shape index (κ2) is 6.17. The molecule has 17 heavy (non-hydrogen) atoms. The molecule has 0 aromatic carbocycles. The van der Waals surface area contributed by atoms with Crippen LogP contribution in [0.5, 0.6) is 0 Å². The van der Waals surface area contributed by atoms with E-state index in [2.05, 4.69) is 26.0 Å². The van der Waals surface area contributed by atoms with Crippen LogP contribution < -0.4 is 5.73 Å². The molecular weight excluding hydrogens is 232 g/mol. The van der Waals surface area contributed by atoms with Crippen molar-refractivity contribution in [3.8, 4) is 0 Å². The molecule has 0 aliphatic rings. The summed E-state index contributed by atoms with van der Waals surface area (Å²) in [5, 5.41) is 0. The summed E-state index contributed by atoms with van der Waals surface area (Å²) in [5.74, 6) is 0.420. The van der Waals surface area contributed by atoms with Gasteiger partial charge in [-0.3, -0.25) is 4.79 Å². The Morgan fingerprint density at radius 3 is 2.59 bits per heavy atom. The molecule has 1 aromatic heterocycles. The second-order valence-corrected chi connectivity index (χ2v) is 5.99. The Hall–Kier alpha value is -0.870. The average Bonchev–Trinajstić information content (AvgIpc) is 2.73. The fraction of sp³-hybridized carbons (Fsp3) is 0.615. The van der Waals surface area contributed by atoms with Crippen LogP contribution in [0, 0.1) is 12.8 Å². The van der Waals surface area contributed by atoms with E-state index in [0.29, 0.717) is 13.0 Å². The number of nitrogens with two attached hydrogens (primary N) is 1. The highest BCUT2D eigenvalue weighted by molar-refractivity contribution is 7.12. The summed E-state index contributed by atoms with van der Waals surface area (Å²) >= 11 is 1.75. The number of rotatable bonds is 5. The number of hydrogen-bond acceptors (Lipinski definition) is 3. The standard InChI is InChI=1S/C13H22N2OS/c1-9(8-14)7-13(16)15(4)11(3)12-6-5-10(2)17-12/h5-6,9,11H,7-8,14H2,1-4H3. The molecule has 1 aromatic rings. The van der Waals surface area contributed by atoms with Crippen LogP contribution in [0.1, 0.15) is 36.1 Å². The van der Waals surface area contributed by atoms with Crippen LogP contribution in [0.4, 0.5) is 0 Å². The number of thiophene rings is 1. The molecule has 2 atom stereocenters. The summed E-state index contributed by atoms with van der Waals surface area (Å²) in [7, 11) is 1.87. The molecule has 2 N–H and O–H groups in total. The van der Waals surface area contributed by atoms with Crippen LogP contribution in [-0.2, 0) is 4.79 Å². The minimum atomic E-state index is 0.145. The predicted molar refractivity (Wildman–Crippen MR) is 73.1 cm³/mol. The predicted octanol–water partition coefficient (Wildman–Crippen LogP) is 2.56. The highest BCUT2D eigenvalue weighted by Gasteiger charge is 2.19. The molecule has 0 saturated carbocycles. The minimum Gasteiger partial charge on any atom is -0.338 e. The largest absolute Gasteiger partial charge is 0.338 e. The van der Waals surface area contributed by atoms with Gasteiger partial charge in [0, 0.05) is 23.2 Å². The Bertz CT molecular complexity index is 375. The number of carbonyl (C=O) groups is 1. The van der Waals surface area contributed by atoms with E-state index in [1.165, 1.54) is 9.75 Å². The zero-order chi connectivity index (χ0) is 13.0. The van der Waals surface area contributed by atoms with E-state index in [4.69, 9.17) is 5.73 Å². The lowest BCUT2D eigenvalue weighted by Crippen LogP contribution is -2.31. The molecule has 0 aliphatic carbocycles. The maximum Gasteiger partial charge on any atom is 0.223 e. The van der Waals surface area contributed by atoms with Crippen molar-refractivity contribution in [2.45, 2.75) is 33.2 Å². The second-order valence-electron chi connectivity index (χ2n) is 4.67. The van der Waals surface area contributed by atoms with Gasteiger partial charge in [0.15, 0.2) is 0 Å². The van der Waals surface area contributed by atoms with Crippen LogP contribution in [0.15, 0.2) is 12.1 Å². The van der Waals surface area contributed by atoms with E-state index in [9.17, 15) is 4.79 Å². The maximum atomic E-state index is 12.0. The summed E-state index contributed by atoms with van der Waals surface area (Å²) in [4.78, 5) is 16.3. The molecule has 1 heterocycles. The molecule has 0 fully saturated rings. The van der Waals surface area contributed by atoms with Crippen molar-refractivity contribution in [1.82, 2.24) is 4.90 Å². The molecule has 1 rings (SSSR count). The quantitative estimate of drug-likeness (QED) is 0.877. The van der Waals surface area contributed by atoms with Gasteiger partial charge in [-0.15, -0.1) is 11.3 Å². The van der Waals surface area contributed by atoms with Gasteiger partial charge in [-0.05, 0) is 38.4 Å². The first kappa shape index (κ1) is 14.2. The van der Waals surface area contributed by atoms with Crippen LogP contribution in [0.25, 0.3) is 0 Å². The molecule has 0 spiro atoms. The van der Waals surface area contributed by atoms with Crippen molar-refractivity contribution in [2.75, 3.05) is 13.6 Å². The summed E-state index contributed by atoms with van der Waals surface area (Å²) in [6.45, 7) is 6.72. The highest BCUT2D eigenvalue weighted by atomic mass is 32.1. The number of nitrogens with zero attached hydrogens (tertiary/aromatic N) is 1. The maximum absolute atomic E-state index is 12.0. The van der Waals surface area contributed by atoms with Crippen LogP contribution in [-0.4, -0.2) is 24.4 Å². The zero-order valence-electron chi connectivity index (χ0n) is 11.1. The van der Waals surface area contributed by atoms with Gasteiger partial charge >= 0.3 is 0 Å². The van der Waals surface area contributed by atoms with Crippen molar-refractivity contribution in [1.29, 1.82) is 0 Å².